The molecule has 0 spiro atoms. The van der Waals surface area contributed by atoms with Gasteiger partial charge in [-0.3, -0.25) is 9.58 Å². The number of morpholine rings is 1. The average Bonchev–Trinajstić information content (AvgIpc) is 3.13. The van der Waals surface area contributed by atoms with Crippen molar-refractivity contribution in [3.8, 4) is 11.3 Å². The van der Waals surface area contributed by atoms with Crippen LogP contribution in [0, 0.1) is 0 Å². The van der Waals surface area contributed by atoms with Crippen molar-refractivity contribution in [3.63, 3.8) is 0 Å². The van der Waals surface area contributed by atoms with E-state index in [-0.39, 0.29) is 0 Å². The van der Waals surface area contributed by atoms with Crippen molar-refractivity contribution in [2.24, 2.45) is 0 Å². The lowest BCUT2D eigenvalue weighted by atomic mass is 10.1. The highest BCUT2D eigenvalue weighted by molar-refractivity contribution is 5.74. The first-order valence-electron chi connectivity index (χ1n) is 9.29. The number of hydrogen-bond acceptors (Lipinski definition) is 5. The Balaban J connectivity index is 1.54. The molecule has 3 heterocycles. The van der Waals surface area contributed by atoms with Crippen LogP contribution in [0.2, 0.25) is 0 Å². The summed E-state index contributed by atoms with van der Waals surface area (Å²) in [6.45, 7) is 9.84. The normalized spacial score (nSPS) is 19.3. The number of rotatable bonds is 5. The molecule has 0 aliphatic carbocycles. The van der Waals surface area contributed by atoms with Crippen molar-refractivity contribution in [1.82, 2.24) is 20.0 Å². The van der Waals surface area contributed by atoms with Crippen LogP contribution in [0.3, 0.4) is 0 Å². The van der Waals surface area contributed by atoms with E-state index in [1.807, 2.05) is 0 Å². The van der Waals surface area contributed by atoms with Crippen LogP contribution in [0.4, 0.5) is 5.69 Å². The van der Waals surface area contributed by atoms with Gasteiger partial charge in [0, 0.05) is 57.6 Å². The Labute approximate surface area is 149 Å². The molecule has 6 heteroatoms. The first-order valence-corrected chi connectivity index (χ1v) is 9.29. The molecule has 0 amide bonds. The Morgan fingerprint density at radius 1 is 0.960 bits per heavy atom. The second kappa shape index (κ2) is 7.99. The molecule has 2 fully saturated rings. The lowest BCUT2D eigenvalue weighted by Crippen LogP contribution is -2.43. The fourth-order valence-corrected chi connectivity index (χ4v) is 3.53. The van der Waals surface area contributed by atoms with Crippen molar-refractivity contribution in [1.29, 1.82) is 0 Å². The van der Waals surface area contributed by atoms with Gasteiger partial charge in [-0.1, -0.05) is 30.3 Å². The summed E-state index contributed by atoms with van der Waals surface area (Å²) in [7, 11) is 0. The van der Waals surface area contributed by atoms with Gasteiger partial charge in [0.25, 0.3) is 0 Å². The van der Waals surface area contributed by atoms with Gasteiger partial charge in [0.2, 0.25) is 0 Å². The number of ether oxygens (including phenoxy) is 1. The van der Waals surface area contributed by atoms with Crippen LogP contribution in [0.25, 0.3) is 11.3 Å². The summed E-state index contributed by atoms with van der Waals surface area (Å²) in [5.74, 6) is 0. The van der Waals surface area contributed by atoms with E-state index in [1.54, 1.807) is 0 Å². The molecule has 2 saturated heterocycles. The Morgan fingerprint density at radius 2 is 1.72 bits per heavy atom. The van der Waals surface area contributed by atoms with E-state index in [4.69, 9.17) is 9.84 Å². The van der Waals surface area contributed by atoms with E-state index in [0.717, 1.165) is 71.3 Å². The first kappa shape index (κ1) is 16.6. The van der Waals surface area contributed by atoms with Crippen LogP contribution >= 0.6 is 0 Å². The van der Waals surface area contributed by atoms with E-state index >= 15 is 0 Å². The molecule has 1 N–H and O–H groups in total. The Bertz CT molecular complexity index is 660. The minimum absolute atomic E-state index is 0.848. The van der Waals surface area contributed by atoms with Crippen molar-refractivity contribution in [2.45, 2.75) is 6.54 Å². The number of hydrogen-bond donors (Lipinski definition) is 1. The fourth-order valence-electron chi connectivity index (χ4n) is 3.53. The molecular weight excluding hydrogens is 314 g/mol. The molecule has 134 valence electrons. The monoisotopic (exact) mass is 341 g/mol. The zero-order chi connectivity index (χ0) is 16.9. The zero-order valence-electron chi connectivity index (χ0n) is 14.7. The van der Waals surface area contributed by atoms with Crippen LogP contribution in [-0.4, -0.2) is 73.7 Å². The summed E-state index contributed by atoms with van der Waals surface area (Å²) in [6.07, 6.45) is 2.23. The molecule has 6 nitrogen and oxygen atoms in total. The van der Waals surface area contributed by atoms with E-state index in [9.17, 15) is 0 Å². The van der Waals surface area contributed by atoms with Crippen LogP contribution in [0.15, 0.2) is 36.5 Å². The molecule has 0 atom stereocenters. The van der Waals surface area contributed by atoms with Gasteiger partial charge < -0.3 is 15.0 Å². The molecule has 25 heavy (non-hydrogen) atoms. The van der Waals surface area contributed by atoms with Crippen LogP contribution in [0.5, 0.6) is 0 Å². The third-order valence-electron chi connectivity index (χ3n) is 5.00. The van der Waals surface area contributed by atoms with Crippen LogP contribution in [0.1, 0.15) is 0 Å². The average molecular weight is 341 g/mol. The van der Waals surface area contributed by atoms with Gasteiger partial charge in [-0.25, -0.2) is 0 Å². The molecule has 0 unspecified atom stereocenters. The van der Waals surface area contributed by atoms with Crippen molar-refractivity contribution < 1.29 is 4.74 Å². The second-order valence-electron chi connectivity index (χ2n) is 6.68. The summed E-state index contributed by atoms with van der Waals surface area (Å²) >= 11 is 0. The summed E-state index contributed by atoms with van der Waals surface area (Å²) in [4.78, 5) is 4.91. The van der Waals surface area contributed by atoms with Gasteiger partial charge >= 0.3 is 0 Å². The van der Waals surface area contributed by atoms with Gasteiger partial charge in [-0.05, 0) is 0 Å². The van der Waals surface area contributed by atoms with Crippen LogP contribution in [-0.2, 0) is 11.3 Å². The molecule has 0 radical (unpaired) electrons. The molecule has 2 aliphatic heterocycles. The van der Waals surface area contributed by atoms with E-state index in [1.165, 1.54) is 11.3 Å². The standard InChI is InChI=1S/C19H27N5O/c1-2-4-17(5-3-1)19-18(23-8-6-20-7-9-23)16-24(21-19)11-10-22-12-14-25-15-13-22/h1-5,16,20H,6-15H2. The van der Waals surface area contributed by atoms with Crippen molar-refractivity contribution in [2.75, 3.05) is 63.9 Å². The predicted molar refractivity (Wildman–Crippen MR) is 100 cm³/mol. The second-order valence-corrected chi connectivity index (χ2v) is 6.68. The predicted octanol–water partition coefficient (Wildman–Crippen LogP) is 1.29. The Hall–Kier alpha value is -1.89. The summed E-state index contributed by atoms with van der Waals surface area (Å²) in [5.41, 5.74) is 3.56. The lowest BCUT2D eigenvalue weighted by Gasteiger charge is -2.29. The number of benzene rings is 1. The number of nitrogens with zero attached hydrogens (tertiary/aromatic N) is 4. The molecule has 0 saturated carbocycles. The summed E-state index contributed by atoms with van der Waals surface area (Å²) in [6, 6.07) is 10.5. The number of piperazine rings is 1. The molecule has 1 aromatic heterocycles. The van der Waals surface area contributed by atoms with Gasteiger partial charge in [0.05, 0.1) is 25.4 Å². The topological polar surface area (TPSA) is 45.6 Å². The van der Waals surface area contributed by atoms with Gasteiger partial charge in [0.1, 0.15) is 5.69 Å². The maximum absolute atomic E-state index is 5.44. The maximum atomic E-state index is 5.44. The quantitative estimate of drug-likeness (QED) is 0.888. The molecule has 1 aromatic carbocycles. The summed E-state index contributed by atoms with van der Waals surface area (Å²) < 4.78 is 7.56. The smallest absolute Gasteiger partial charge is 0.116 e. The Morgan fingerprint density at radius 3 is 2.48 bits per heavy atom. The fraction of sp³-hybridized carbons (Fsp3) is 0.526. The first-order chi connectivity index (χ1) is 12.4. The third kappa shape index (κ3) is 4.03. The van der Waals surface area contributed by atoms with Gasteiger partial charge in [0.15, 0.2) is 0 Å². The minimum atomic E-state index is 0.848. The molecule has 2 aromatic rings. The largest absolute Gasteiger partial charge is 0.379 e. The maximum Gasteiger partial charge on any atom is 0.116 e. The van der Waals surface area contributed by atoms with E-state index < -0.39 is 0 Å². The van der Waals surface area contributed by atoms with E-state index in [0.29, 0.717) is 0 Å². The zero-order valence-corrected chi connectivity index (χ0v) is 14.7. The number of aromatic nitrogens is 2. The lowest BCUT2D eigenvalue weighted by molar-refractivity contribution is 0.0360. The van der Waals surface area contributed by atoms with E-state index in [2.05, 4.69) is 56.3 Å². The molecule has 0 bridgehead atoms. The SMILES string of the molecule is c1ccc(-c2nn(CCN3CCOCC3)cc2N2CCNCC2)cc1. The molecular formula is C19H27N5O. The Kier molecular flexibility index (Phi) is 5.30. The van der Waals surface area contributed by atoms with Crippen molar-refractivity contribution >= 4 is 5.69 Å². The van der Waals surface area contributed by atoms with Crippen molar-refractivity contribution in [3.05, 3.63) is 36.5 Å². The third-order valence-corrected chi connectivity index (χ3v) is 5.00. The number of anilines is 1. The highest BCUT2D eigenvalue weighted by Crippen LogP contribution is 2.29. The van der Waals surface area contributed by atoms with Gasteiger partial charge in [-0.15, -0.1) is 0 Å². The minimum Gasteiger partial charge on any atom is -0.379 e. The highest BCUT2D eigenvalue weighted by atomic mass is 16.5. The number of nitrogens with one attached hydrogen (secondary N) is 1. The van der Waals surface area contributed by atoms with Crippen LogP contribution < -0.4 is 10.2 Å². The highest BCUT2D eigenvalue weighted by Gasteiger charge is 2.19. The summed E-state index contributed by atoms with van der Waals surface area (Å²) in [5, 5.41) is 8.37. The molecule has 2 aliphatic rings. The molecule has 4 rings (SSSR count). The van der Waals surface area contributed by atoms with Gasteiger partial charge in [-0.2, -0.15) is 5.10 Å².